The molecule has 1 aromatic heterocycles. The topological polar surface area (TPSA) is 68.0 Å². The number of thiocarbonyl (C=S) groups is 1. The van der Waals surface area contributed by atoms with E-state index >= 15 is 0 Å². The van der Waals surface area contributed by atoms with Crippen LogP contribution in [0, 0.1) is 5.41 Å². The second kappa shape index (κ2) is 6.24. The van der Waals surface area contributed by atoms with Gasteiger partial charge in [0.2, 0.25) is 5.91 Å². The summed E-state index contributed by atoms with van der Waals surface area (Å²) < 4.78 is 0.724. The van der Waals surface area contributed by atoms with Gasteiger partial charge in [-0.1, -0.05) is 26.1 Å². The first-order chi connectivity index (χ1) is 8.47. The van der Waals surface area contributed by atoms with Crippen LogP contribution in [0.15, 0.2) is 22.8 Å². The molecule has 1 amide bonds. The highest BCUT2D eigenvalue weighted by Crippen LogP contribution is 2.29. The smallest absolute Gasteiger partial charge is 0.238 e. The van der Waals surface area contributed by atoms with Gasteiger partial charge in [-0.25, -0.2) is 4.98 Å². The van der Waals surface area contributed by atoms with E-state index in [9.17, 15) is 4.79 Å². The van der Waals surface area contributed by atoms with Crippen LogP contribution in [0.25, 0.3) is 0 Å². The summed E-state index contributed by atoms with van der Waals surface area (Å²) >= 11 is 8.37. The SMILES string of the molecule is CCC(CC)(C(=O)Nc1ncccc1Br)C(N)=S. The molecule has 0 atom stereocenters. The molecule has 1 heterocycles. The molecule has 0 fully saturated rings. The second-order valence-corrected chi connectivity index (χ2v) is 5.24. The van der Waals surface area contributed by atoms with Crippen molar-refractivity contribution in [2.45, 2.75) is 26.7 Å². The minimum atomic E-state index is -0.813. The molecule has 0 aliphatic rings. The highest BCUT2D eigenvalue weighted by atomic mass is 79.9. The van der Waals surface area contributed by atoms with E-state index in [1.807, 2.05) is 19.9 Å². The van der Waals surface area contributed by atoms with Gasteiger partial charge in [0.15, 0.2) is 0 Å². The number of hydrogen-bond acceptors (Lipinski definition) is 3. The predicted molar refractivity (Wildman–Crippen MR) is 80.4 cm³/mol. The first-order valence-electron chi connectivity index (χ1n) is 5.69. The van der Waals surface area contributed by atoms with E-state index in [0.717, 1.165) is 4.47 Å². The van der Waals surface area contributed by atoms with Crippen LogP contribution in [-0.2, 0) is 4.79 Å². The van der Waals surface area contributed by atoms with Crippen LogP contribution in [0.5, 0.6) is 0 Å². The molecular formula is C12H16BrN3OS. The Hall–Kier alpha value is -1.01. The van der Waals surface area contributed by atoms with E-state index in [2.05, 4.69) is 26.2 Å². The van der Waals surface area contributed by atoms with Crippen molar-refractivity contribution in [2.24, 2.45) is 11.1 Å². The zero-order valence-corrected chi connectivity index (χ0v) is 12.8. The van der Waals surface area contributed by atoms with Crippen molar-refractivity contribution < 1.29 is 4.79 Å². The molecule has 0 unspecified atom stereocenters. The van der Waals surface area contributed by atoms with Crippen LogP contribution in [0.2, 0.25) is 0 Å². The van der Waals surface area contributed by atoms with Crippen molar-refractivity contribution >= 4 is 44.9 Å². The van der Waals surface area contributed by atoms with Gasteiger partial charge in [-0.3, -0.25) is 4.79 Å². The number of hydrogen-bond donors (Lipinski definition) is 2. The molecule has 3 N–H and O–H groups in total. The fraction of sp³-hybridized carbons (Fsp3) is 0.417. The summed E-state index contributed by atoms with van der Waals surface area (Å²) in [5.41, 5.74) is 4.91. The molecule has 18 heavy (non-hydrogen) atoms. The Balaban J connectivity index is 3.00. The number of amides is 1. The first kappa shape index (κ1) is 15.0. The minimum absolute atomic E-state index is 0.209. The third-order valence-electron chi connectivity index (χ3n) is 3.10. The first-order valence-corrected chi connectivity index (χ1v) is 6.90. The third kappa shape index (κ3) is 2.87. The van der Waals surface area contributed by atoms with E-state index in [4.69, 9.17) is 18.0 Å². The standard InChI is InChI=1S/C12H16BrN3OS/c1-3-12(4-2,10(14)18)11(17)16-9-8(13)6-5-7-15-9/h5-7H,3-4H2,1-2H3,(H2,14,18)(H,15,16,17). The highest BCUT2D eigenvalue weighted by molar-refractivity contribution is 9.10. The number of pyridine rings is 1. The normalized spacial score (nSPS) is 11.1. The van der Waals surface area contributed by atoms with Gasteiger partial charge in [-0.2, -0.15) is 0 Å². The van der Waals surface area contributed by atoms with Gasteiger partial charge >= 0.3 is 0 Å². The molecule has 1 rings (SSSR count). The highest BCUT2D eigenvalue weighted by Gasteiger charge is 2.38. The van der Waals surface area contributed by atoms with Crippen molar-refractivity contribution in [3.05, 3.63) is 22.8 Å². The molecule has 0 saturated carbocycles. The number of carbonyl (C=O) groups is 1. The van der Waals surface area contributed by atoms with Crippen molar-refractivity contribution in [1.82, 2.24) is 4.98 Å². The van der Waals surface area contributed by atoms with E-state index < -0.39 is 5.41 Å². The Morgan fingerprint density at radius 1 is 1.56 bits per heavy atom. The lowest BCUT2D eigenvalue weighted by atomic mass is 9.81. The summed E-state index contributed by atoms with van der Waals surface area (Å²) in [5.74, 6) is 0.268. The maximum Gasteiger partial charge on any atom is 0.238 e. The van der Waals surface area contributed by atoms with E-state index in [1.165, 1.54) is 0 Å². The lowest BCUT2D eigenvalue weighted by molar-refractivity contribution is -0.122. The van der Waals surface area contributed by atoms with Crippen molar-refractivity contribution in [3.8, 4) is 0 Å². The molecule has 4 nitrogen and oxygen atoms in total. The molecule has 98 valence electrons. The predicted octanol–water partition coefficient (Wildman–Crippen LogP) is 2.88. The summed E-state index contributed by atoms with van der Waals surface area (Å²) in [6.45, 7) is 3.80. The van der Waals surface area contributed by atoms with E-state index in [1.54, 1.807) is 12.3 Å². The van der Waals surface area contributed by atoms with Gasteiger partial charge < -0.3 is 11.1 Å². The Kier molecular flexibility index (Phi) is 5.22. The average Bonchev–Trinajstić information content (AvgIpc) is 2.34. The molecule has 0 saturated heterocycles. The van der Waals surface area contributed by atoms with Crippen molar-refractivity contribution in [2.75, 3.05) is 5.32 Å². The van der Waals surface area contributed by atoms with Gasteiger partial charge in [0.1, 0.15) is 5.82 Å². The molecule has 6 heteroatoms. The molecule has 0 radical (unpaired) electrons. The van der Waals surface area contributed by atoms with Crippen LogP contribution in [-0.4, -0.2) is 15.9 Å². The number of nitrogens with two attached hydrogens (primary N) is 1. The van der Waals surface area contributed by atoms with Crippen LogP contribution >= 0.6 is 28.1 Å². The monoisotopic (exact) mass is 329 g/mol. The average molecular weight is 330 g/mol. The fourth-order valence-corrected chi connectivity index (χ4v) is 2.47. The number of halogens is 1. The summed E-state index contributed by atoms with van der Waals surface area (Å²) in [7, 11) is 0. The number of nitrogens with zero attached hydrogens (tertiary/aromatic N) is 1. The molecule has 0 aliphatic carbocycles. The fourth-order valence-electron chi connectivity index (χ4n) is 1.74. The maximum absolute atomic E-state index is 12.4. The van der Waals surface area contributed by atoms with E-state index in [-0.39, 0.29) is 10.9 Å². The molecule has 1 aromatic rings. The minimum Gasteiger partial charge on any atom is -0.392 e. The molecule has 0 aromatic carbocycles. The Labute approximate surface area is 120 Å². The molecular weight excluding hydrogens is 314 g/mol. The van der Waals surface area contributed by atoms with E-state index in [0.29, 0.717) is 18.7 Å². The molecule has 0 bridgehead atoms. The van der Waals surface area contributed by atoms with Gasteiger partial charge in [0, 0.05) is 6.20 Å². The largest absolute Gasteiger partial charge is 0.392 e. The van der Waals surface area contributed by atoms with Crippen LogP contribution in [0.4, 0.5) is 5.82 Å². The third-order valence-corrected chi connectivity index (χ3v) is 4.13. The van der Waals surface area contributed by atoms with Crippen LogP contribution in [0.1, 0.15) is 26.7 Å². The van der Waals surface area contributed by atoms with Gasteiger partial charge in [-0.05, 0) is 40.9 Å². The Morgan fingerprint density at radius 2 is 2.17 bits per heavy atom. The van der Waals surface area contributed by atoms with Crippen molar-refractivity contribution in [1.29, 1.82) is 0 Å². The second-order valence-electron chi connectivity index (χ2n) is 3.94. The van der Waals surface area contributed by atoms with Gasteiger partial charge in [0.25, 0.3) is 0 Å². The number of rotatable bonds is 5. The van der Waals surface area contributed by atoms with Crippen molar-refractivity contribution in [3.63, 3.8) is 0 Å². The zero-order valence-electron chi connectivity index (χ0n) is 10.4. The quantitative estimate of drug-likeness (QED) is 0.815. The number of aromatic nitrogens is 1. The summed E-state index contributed by atoms with van der Waals surface area (Å²) in [6.07, 6.45) is 2.74. The lowest BCUT2D eigenvalue weighted by Crippen LogP contribution is -2.45. The molecule has 0 aliphatic heterocycles. The number of nitrogens with one attached hydrogen (secondary N) is 1. The zero-order chi connectivity index (χ0) is 13.8. The number of anilines is 1. The van der Waals surface area contributed by atoms with Gasteiger partial charge in [0.05, 0.1) is 14.9 Å². The van der Waals surface area contributed by atoms with Crippen LogP contribution < -0.4 is 11.1 Å². The summed E-state index contributed by atoms with van der Waals surface area (Å²) in [4.78, 5) is 16.7. The Morgan fingerprint density at radius 3 is 2.61 bits per heavy atom. The lowest BCUT2D eigenvalue weighted by Gasteiger charge is -2.28. The Bertz CT molecular complexity index is 460. The summed E-state index contributed by atoms with van der Waals surface area (Å²) in [6, 6.07) is 3.59. The van der Waals surface area contributed by atoms with Gasteiger partial charge in [-0.15, -0.1) is 0 Å². The maximum atomic E-state index is 12.4. The number of carbonyl (C=O) groups excluding carboxylic acids is 1. The van der Waals surface area contributed by atoms with Crippen LogP contribution in [0.3, 0.4) is 0 Å². The summed E-state index contributed by atoms with van der Waals surface area (Å²) in [5, 5.41) is 2.77. The molecule has 0 spiro atoms.